The van der Waals surface area contributed by atoms with Gasteiger partial charge in [-0.25, -0.2) is 4.98 Å². The molecule has 0 unspecified atom stereocenters. The van der Waals surface area contributed by atoms with Gasteiger partial charge in [-0.3, -0.25) is 4.79 Å². The van der Waals surface area contributed by atoms with Crippen molar-refractivity contribution in [3.8, 4) is 0 Å². The van der Waals surface area contributed by atoms with E-state index in [0.717, 1.165) is 35.0 Å². The summed E-state index contributed by atoms with van der Waals surface area (Å²) in [5.41, 5.74) is 2.97. The van der Waals surface area contributed by atoms with Gasteiger partial charge in [0, 0.05) is 34.9 Å². The first-order chi connectivity index (χ1) is 9.70. The van der Waals surface area contributed by atoms with Gasteiger partial charge in [0.05, 0.1) is 18.6 Å². The van der Waals surface area contributed by atoms with Crippen LogP contribution < -0.4 is 0 Å². The lowest BCUT2D eigenvalue weighted by molar-refractivity contribution is 0.112. The van der Waals surface area contributed by atoms with Crippen LogP contribution in [0.3, 0.4) is 0 Å². The number of hydrogen-bond acceptors (Lipinski definition) is 2. The lowest BCUT2D eigenvalue weighted by Gasteiger charge is -2.13. The molecular weight excluding hydrogens is 250 g/mol. The summed E-state index contributed by atoms with van der Waals surface area (Å²) in [5, 5.41) is 0.998. The molecule has 0 saturated carbocycles. The van der Waals surface area contributed by atoms with Crippen LogP contribution >= 0.6 is 0 Å². The third kappa shape index (κ3) is 2.03. The summed E-state index contributed by atoms with van der Waals surface area (Å²) in [4.78, 5) is 15.3. The number of nitrogens with zero attached hydrogens (tertiary/aromatic N) is 3. The monoisotopic (exact) mass is 267 g/mol. The van der Waals surface area contributed by atoms with Crippen LogP contribution in [0.25, 0.3) is 10.9 Å². The molecule has 0 aliphatic heterocycles. The Labute approximate surface area is 117 Å². The molecule has 4 heteroatoms. The summed E-state index contributed by atoms with van der Waals surface area (Å²) in [7, 11) is 0. The molecule has 0 fully saturated rings. The normalized spacial score (nSPS) is 11.3. The van der Waals surface area contributed by atoms with E-state index in [2.05, 4.69) is 28.0 Å². The van der Waals surface area contributed by atoms with E-state index in [0.29, 0.717) is 6.04 Å². The molecule has 0 bridgehead atoms. The van der Waals surface area contributed by atoms with Gasteiger partial charge >= 0.3 is 0 Å². The van der Waals surface area contributed by atoms with Crippen molar-refractivity contribution in [2.24, 2.45) is 0 Å². The maximum Gasteiger partial charge on any atom is 0.150 e. The van der Waals surface area contributed by atoms with Crippen molar-refractivity contribution < 1.29 is 4.79 Å². The van der Waals surface area contributed by atoms with Gasteiger partial charge in [-0.15, -0.1) is 0 Å². The number of fused-ring (bicyclic) bond motifs is 1. The van der Waals surface area contributed by atoms with E-state index in [1.54, 1.807) is 0 Å². The van der Waals surface area contributed by atoms with Crippen LogP contribution in [0.5, 0.6) is 0 Å². The largest absolute Gasteiger partial charge is 0.341 e. The molecule has 0 atom stereocenters. The zero-order valence-corrected chi connectivity index (χ0v) is 11.7. The highest BCUT2D eigenvalue weighted by molar-refractivity contribution is 5.97. The maximum absolute atomic E-state index is 11.1. The molecule has 3 aromatic rings. The molecule has 0 amide bonds. The van der Waals surface area contributed by atoms with Crippen LogP contribution in [0.1, 0.15) is 35.9 Å². The number of rotatable bonds is 4. The zero-order chi connectivity index (χ0) is 14.1. The van der Waals surface area contributed by atoms with Crippen LogP contribution in [0.4, 0.5) is 0 Å². The minimum Gasteiger partial charge on any atom is -0.341 e. The third-order valence-corrected chi connectivity index (χ3v) is 3.61. The van der Waals surface area contributed by atoms with Crippen molar-refractivity contribution in [1.82, 2.24) is 14.1 Å². The lowest BCUT2D eigenvalue weighted by Crippen LogP contribution is -2.08. The number of aromatic nitrogens is 3. The summed E-state index contributed by atoms with van der Waals surface area (Å²) in [6, 6.07) is 8.19. The van der Waals surface area contributed by atoms with E-state index in [1.165, 1.54) is 0 Å². The van der Waals surface area contributed by atoms with Crippen LogP contribution in [-0.4, -0.2) is 20.4 Å². The number of carbonyl (C=O) groups is 1. The highest BCUT2D eigenvalue weighted by Gasteiger charge is 2.09. The number of benzene rings is 1. The lowest BCUT2D eigenvalue weighted by atomic mass is 10.1. The third-order valence-electron chi connectivity index (χ3n) is 3.61. The number of hydrogen-bond donors (Lipinski definition) is 0. The van der Waals surface area contributed by atoms with E-state index in [-0.39, 0.29) is 0 Å². The van der Waals surface area contributed by atoms with Gasteiger partial charge in [-0.1, -0.05) is 12.1 Å². The van der Waals surface area contributed by atoms with E-state index in [9.17, 15) is 4.79 Å². The molecule has 2 heterocycles. The minimum absolute atomic E-state index is 0.389. The second-order valence-corrected chi connectivity index (χ2v) is 5.23. The van der Waals surface area contributed by atoms with Gasteiger partial charge in [0.25, 0.3) is 0 Å². The van der Waals surface area contributed by atoms with Crippen molar-refractivity contribution in [2.45, 2.75) is 26.4 Å². The molecule has 0 aliphatic carbocycles. The summed E-state index contributed by atoms with van der Waals surface area (Å²) in [6.07, 6.45) is 6.69. The van der Waals surface area contributed by atoms with Crippen molar-refractivity contribution >= 4 is 17.2 Å². The Morgan fingerprint density at radius 3 is 2.90 bits per heavy atom. The molecule has 0 saturated heterocycles. The van der Waals surface area contributed by atoms with Gasteiger partial charge in [0.1, 0.15) is 0 Å². The van der Waals surface area contributed by atoms with Gasteiger partial charge in [0.15, 0.2) is 6.29 Å². The summed E-state index contributed by atoms with van der Waals surface area (Å²) >= 11 is 0. The second kappa shape index (κ2) is 4.96. The summed E-state index contributed by atoms with van der Waals surface area (Å²) < 4.78 is 4.31. The first-order valence-electron chi connectivity index (χ1n) is 6.74. The van der Waals surface area contributed by atoms with Gasteiger partial charge in [-0.05, 0) is 26.0 Å². The summed E-state index contributed by atoms with van der Waals surface area (Å²) in [6.45, 7) is 5.04. The zero-order valence-electron chi connectivity index (χ0n) is 11.7. The fraction of sp³-hybridized carbons (Fsp3) is 0.250. The standard InChI is InChI=1S/C16H17N3O/c1-12(2)19-11-17-8-14(19)9-18-7-6-15-13(10-20)4-3-5-16(15)18/h3-8,10-12H,9H2,1-2H3. The molecule has 1 aromatic carbocycles. The fourth-order valence-electron chi connectivity index (χ4n) is 2.58. The molecular formula is C16H17N3O. The molecule has 4 nitrogen and oxygen atoms in total. The van der Waals surface area contributed by atoms with Gasteiger partial charge in [-0.2, -0.15) is 0 Å². The van der Waals surface area contributed by atoms with Crippen molar-refractivity contribution in [1.29, 1.82) is 0 Å². The molecule has 0 radical (unpaired) electrons. The van der Waals surface area contributed by atoms with Crippen molar-refractivity contribution in [2.75, 3.05) is 0 Å². The van der Waals surface area contributed by atoms with Gasteiger partial charge in [0.2, 0.25) is 0 Å². The SMILES string of the molecule is CC(C)n1cncc1Cn1ccc2c(C=O)cccc21. The van der Waals surface area contributed by atoms with Crippen molar-refractivity contribution in [3.63, 3.8) is 0 Å². The Balaban J connectivity index is 2.03. The van der Waals surface area contributed by atoms with E-state index >= 15 is 0 Å². The number of carbonyl (C=O) groups excluding carboxylic acids is 1. The van der Waals surface area contributed by atoms with Crippen LogP contribution in [0.15, 0.2) is 43.0 Å². The molecule has 3 rings (SSSR count). The fourth-order valence-corrected chi connectivity index (χ4v) is 2.58. The first kappa shape index (κ1) is 12.7. The molecule has 20 heavy (non-hydrogen) atoms. The first-order valence-corrected chi connectivity index (χ1v) is 6.74. The van der Waals surface area contributed by atoms with E-state index in [1.807, 2.05) is 43.0 Å². The Hall–Kier alpha value is -2.36. The van der Waals surface area contributed by atoms with Crippen LogP contribution in [-0.2, 0) is 6.54 Å². The quantitative estimate of drug-likeness (QED) is 0.680. The van der Waals surface area contributed by atoms with Gasteiger partial charge < -0.3 is 9.13 Å². The molecule has 0 spiro atoms. The Kier molecular flexibility index (Phi) is 3.14. The Morgan fingerprint density at radius 1 is 1.30 bits per heavy atom. The van der Waals surface area contributed by atoms with E-state index in [4.69, 9.17) is 0 Å². The Morgan fingerprint density at radius 2 is 2.15 bits per heavy atom. The van der Waals surface area contributed by atoms with Crippen molar-refractivity contribution in [3.05, 3.63) is 54.2 Å². The molecule has 0 N–H and O–H groups in total. The molecule has 0 aliphatic rings. The molecule has 2 aromatic heterocycles. The predicted octanol–water partition coefficient (Wildman–Crippen LogP) is 3.28. The second-order valence-electron chi connectivity index (χ2n) is 5.23. The number of aldehydes is 1. The van der Waals surface area contributed by atoms with E-state index < -0.39 is 0 Å². The summed E-state index contributed by atoms with van der Waals surface area (Å²) in [5.74, 6) is 0. The highest BCUT2D eigenvalue weighted by Crippen LogP contribution is 2.21. The average molecular weight is 267 g/mol. The van der Waals surface area contributed by atoms with Crippen LogP contribution in [0.2, 0.25) is 0 Å². The Bertz CT molecular complexity index is 752. The average Bonchev–Trinajstić information content (AvgIpc) is 3.06. The topological polar surface area (TPSA) is 39.8 Å². The predicted molar refractivity (Wildman–Crippen MR) is 79.0 cm³/mol. The number of imidazole rings is 1. The highest BCUT2D eigenvalue weighted by atomic mass is 16.1. The molecule has 102 valence electrons. The van der Waals surface area contributed by atoms with Crippen LogP contribution in [0, 0.1) is 0 Å². The maximum atomic E-state index is 11.1. The minimum atomic E-state index is 0.389. The smallest absolute Gasteiger partial charge is 0.150 e.